The van der Waals surface area contributed by atoms with Crippen molar-refractivity contribution in [2.24, 2.45) is 0 Å². The molecule has 0 saturated carbocycles. The van der Waals surface area contributed by atoms with E-state index in [1.54, 1.807) is 24.5 Å². The molecule has 2 rings (SSSR count). The zero-order valence-electron chi connectivity index (χ0n) is 7.18. The van der Waals surface area contributed by atoms with Gasteiger partial charge < -0.3 is 5.73 Å². The monoisotopic (exact) mass is 206 g/mol. The first kappa shape index (κ1) is 8.90. The zero-order valence-corrected chi connectivity index (χ0v) is 7.94. The average Bonchev–Trinajstić information content (AvgIpc) is 2.19. The molecule has 70 valence electrons. The fourth-order valence-corrected chi connectivity index (χ4v) is 1.20. The molecular weight excluding hydrogens is 200 g/mol. The third-order valence-corrected chi connectivity index (χ3v) is 1.89. The Morgan fingerprint density at radius 3 is 2.64 bits per heavy atom. The van der Waals surface area contributed by atoms with Gasteiger partial charge in [-0.1, -0.05) is 0 Å². The molecular formula is C9H7ClN4. The lowest BCUT2D eigenvalue weighted by molar-refractivity contribution is 1.17. The van der Waals surface area contributed by atoms with Crippen LogP contribution < -0.4 is 5.73 Å². The molecule has 0 atom stereocenters. The molecule has 0 bridgehead atoms. The summed E-state index contributed by atoms with van der Waals surface area (Å²) in [7, 11) is 0. The number of hydrogen-bond acceptors (Lipinski definition) is 4. The van der Waals surface area contributed by atoms with Crippen molar-refractivity contribution in [2.75, 3.05) is 5.73 Å². The van der Waals surface area contributed by atoms with E-state index in [0.717, 1.165) is 11.3 Å². The fourth-order valence-electron chi connectivity index (χ4n) is 1.05. The number of hydrogen-bond donors (Lipinski definition) is 1. The molecule has 2 aromatic rings. The molecule has 0 aliphatic heterocycles. The van der Waals surface area contributed by atoms with Crippen LogP contribution in [-0.2, 0) is 0 Å². The number of anilines is 1. The Balaban J connectivity index is 2.44. The van der Waals surface area contributed by atoms with Crippen LogP contribution in [0.2, 0.25) is 5.28 Å². The summed E-state index contributed by atoms with van der Waals surface area (Å²) < 4.78 is 0. The molecule has 0 saturated heterocycles. The van der Waals surface area contributed by atoms with Crippen molar-refractivity contribution in [2.45, 2.75) is 0 Å². The molecule has 0 aliphatic rings. The minimum Gasteiger partial charge on any atom is -0.384 e. The average molecular weight is 207 g/mol. The molecule has 2 heterocycles. The Labute approximate surface area is 85.8 Å². The van der Waals surface area contributed by atoms with E-state index in [0.29, 0.717) is 5.82 Å². The largest absolute Gasteiger partial charge is 0.384 e. The predicted octanol–water partition coefficient (Wildman–Crippen LogP) is 1.77. The summed E-state index contributed by atoms with van der Waals surface area (Å²) in [6, 6.07) is 5.31. The summed E-state index contributed by atoms with van der Waals surface area (Å²) in [5.41, 5.74) is 7.06. The Morgan fingerprint density at radius 2 is 2.00 bits per heavy atom. The van der Waals surface area contributed by atoms with Crippen LogP contribution in [0.15, 0.2) is 30.6 Å². The van der Waals surface area contributed by atoms with Gasteiger partial charge in [0, 0.05) is 18.0 Å². The van der Waals surface area contributed by atoms with Gasteiger partial charge in [0.1, 0.15) is 5.82 Å². The van der Waals surface area contributed by atoms with Crippen LogP contribution in [0.25, 0.3) is 11.3 Å². The highest BCUT2D eigenvalue weighted by molar-refractivity contribution is 6.28. The van der Waals surface area contributed by atoms with E-state index in [-0.39, 0.29) is 5.28 Å². The third-order valence-electron chi connectivity index (χ3n) is 1.71. The number of nitrogens with two attached hydrogens (primary N) is 1. The SMILES string of the molecule is Nc1ccc(-c2ccnc(Cl)n2)cn1. The van der Waals surface area contributed by atoms with Crippen LogP contribution in [-0.4, -0.2) is 15.0 Å². The van der Waals surface area contributed by atoms with Gasteiger partial charge in [-0.3, -0.25) is 0 Å². The first-order valence-electron chi connectivity index (χ1n) is 3.96. The summed E-state index contributed by atoms with van der Waals surface area (Å²) in [4.78, 5) is 11.8. The molecule has 5 heteroatoms. The van der Waals surface area contributed by atoms with E-state index in [9.17, 15) is 0 Å². The minimum atomic E-state index is 0.222. The summed E-state index contributed by atoms with van der Waals surface area (Å²) in [6.07, 6.45) is 3.25. The van der Waals surface area contributed by atoms with E-state index in [1.807, 2.05) is 6.07 Å². The number of halogens is 1. The number of pyridine rings is 1. The first-order chi connectivity index (χ1) is 6.75. The second kappa shape index (κ2) is 3.59. The molecule has 0 amide bonds. The van der Waals surface area contributed by atoms with Crippen molar-refractivity contribution in [3.8, 4) is 11.3 Å². The number of nitrogen functional groups attached to an aromatic ring is 1. The van der Waals surface area contributed by atoms with Crippen LogP contribution >= 0.6 is 11.6 Å². The van der Waals surface area contributed by atoms with Gasteiger partial charge in [-0.25, -0.2) is 15.0 Å². The van der Waals surface area contributed by atoms with Crippen LogP contribution in [0.5, 0.6) is 0 Å². The molecule has 0 aliphatic carbocycles. The van der Waals surface area contributed by atoms with E-state index >= 15 is 0 Å². The van der Waals surface area contributed by atoms with Gasteiger partial charge in [-0.15, -0.1) is 0 Å². The van der Waals surface area contributed by atoms with E-state index in [2.05, 4.69) is 15.0 Å². The van der Waals surface area contributed by atoms with E-state index < -0.39 is 0 Å². The Hall–Kier alpha value is -1.68. The van der Waals surface area contributed by atoms with Gasteiger partial charge in [0.25, 0.3) is 0 Å². The Bertz CT molecular complexity index is 441. The van der Waals surface area contributed by atoms with Crippen molar-refractivity contribution in [1.29, 1.82) is 0 Å². The topological polar surface area (TPSA) is 64.7 Å². The maximum absolute atomic E-state index is 5.66. The van der Waals surface area contributed by atoms with Crippen LogP contribution in [0.3, 0.4) is 0 Å². The number of rotatable bonds is 1. The molecule has 4 nitrogen and oxygen atoms in total. The number of nitrogens with zero attached hydrogens (tertiary/aromatic N) is 3. The summed E-state index contributed by atoms with van der Waals surface area (Å²) in [6.45, 7) is 0. The lowest BCUT2D eigenvalue weighted by Gasteiger charge is -1.99. The van der Waals surface area contributed by atoms with Crippen LogP contribution in [0, 0.1) is 0 Å². The molecule has 0 fully saturated rings. The number of aromatic nitrogens is 3. The lowest BCUT2D eigenvalue weighted by Crippen LogP contribution is -1.91. The van der Waals surface area contributed by atoms with Gasteiger partial charge in [-0.05, 0) is 29.8 Å². The molecule has 0 aromatic carbocycles. The highest BCUT2D eigenvalue weighted by atomic mass is 35.5. The molecule has 0 radical (unpaired) electrons. The van der Waals surface area contributed by atoms with Crippen molar-refractivity contribution in [1.82, 2.24) is 15.0 Å². The zero-order chi connectivity index (χ0) is 9.97. The third kappa shape index (κ3) is 1.80. The second-order valence-corrected chi connectivity index (χ2v) is 3.02. The standard InChI is InChI=1S/C9H7ClN4/c10-9-12-4-3-7(14-9)6-1-2-8(11)13-5-6/h1-5H,(H2,11,13). The molecule has 2 N–H and O–H groups in total. The fraction of sp³-hybridized carbons (Fsp3) is 0. The summed E-state index contributed by atoms with van der Waals surface area (Å²) >= 11 is 5.66. The van der Waals surface area contributed by atoms with Crippen LogP contribution in [0.1, 0.15) is 0 Å². The van der Waals surface area contributed by atoms with Crippen molar-refractivity contribution in [3.63, 3.8) is 0 Å². The van der Waals surface area contributed by atoms with Gasteiger partial charge in [-0.2, -0.15) is 0 Å². The normalized spacial score (nSPS) is 10.1. The van der Waals surface area contributed by atoms with Crippen LogP contribution in [0.4, 0.5) is 5.82 Å². The van der Waals surface area contributed by atoms with E-state index in [1.165, 1.54) is 0 Å². The molecule has 14 heavy (non-hydrogen) atoms. The maximum atomic E-state index is 5.66. The van der Waals surface area contributed by atoms with E-state index in [4.69, 9.17) is 17.3 Å². The quantitative estimate of drug-likeness (QED) is 0.723. The maximum Gasteiger partial charge on any atom is 0.222 e. The van der Waals surface area contributed by atoms with Gasteiger partial charge in [0.15, 0.2) is 0 Å². The Kier molecular flexibility index (Phi) is 2.28. The highest BCUT2D eigenvalue weighted by Gasteiger charge is 2.00. The predicted molar refractivity (Wildman–Crippen MR) is 54.7 cm³/mol. The summed E-state index contributed by atoms with van der Waals surface area (Å²) in [5, 5.41) is 0.222. The van der Waals surface area contributed by atoms with Crippen molar-refractivity contribution < 1.29 is 0 Å². The highest BCUT2D eigenvalue weighted by Crippen LogP contribution is 2.16. The van der Waals surface area contributed by atoms with Gasteiger partial charge in [0.05, 0.1) is 5.69 Å². The summed E-state index contributed by atoms with van der Waals surface area (Å²) in [5.74, 6) is 0.480. The van der Waals surface area contributed by atoms with Crippen molar-refractivity contribution in [3.05, 3.63) is 35.9 Å². The Morgan fingerprint density at radius 1 is 1.14 bits per heavy atom. The molecule has 0 unspecified atom stereocenters. The van der Waals surface area contributed by atoms with Gasteiger partial charge in [0.2, 0.25) is 5.28 Å². The second-order valence-electron chi connectivity index (χ2n) is 2.68. The lowest BCUT2D eigenvalue weighted by atomic mass is 10.2. The molecule has 2 aromatic heterocycles. The minimum absolute atomic E-state index is 0.222. The molecule has 0 spiro atoms. The smallest absolute Gasteiger partial charge is 0.222 e. The first-order valence-corrected chi connectivity index (χ1v) is 4.34. The van der Waals surface area contributed by atoms with Crippen molar-refractivity contribution >= 4 is 17.4 Å². The van der Waals surface area contributed by atoms with Gasteiger partial charge >= 0.3 is 0 Å².